The lowest BCUT2D eigenvalue weighted by atomic mass is 9.87. The van der Waals surface area contributed by atoms with Gasteiger partial charge in [-0.05, 0) is 17.7 Å². The van der Waals surface area contributed by atoms with E-state index in [9.17, 15) is 20.1 Å². The number of carbonyl (C=O) groups is 1. The SMILES string of the molecule is COc1cc(O)cc(O)c1C(CC=O)c1ccc(O)cc1. The molecule has 0 saturated heterocycles. The molecule has 1 unspecified atom stereocenters. The van der Waals surface area contributed by atoms with E-state index in [0.29, 0.717) is 11.3 Å². The summed E-state index contributed by atoms with van der Waals surface area (Å²) in [6, 6.07) is 8.96. The molecule has 0 aliphatic heterocycles. The Morgan fingerprint density at radius 2 is 1.76 bits per heavy atom. The summed E-state index contributed by atoms with van der Waals surface area (Å²) in [6.07, 6.45) is 0.892. The van der Waals surface area contributed by atoms with Gasteiger partial charge in [0.2, 0.25) is 0 Å². The fourth-order valence-electron chi connectivity index (χ4n) is 2.34. The second-order valence-electron chi connectivity index (χ2n) is 4.63. The summed E-state index contributed by atoms with van der Waals surface area (Å²) >= 11 is 0. The molecule has 2 aromatic rings. The quantitative estimate of drug-likeness (QED) is 0.736. The van der Waals surface area contributed by atoms with Crippen LogP contribution in [0.3, 0.4) is 0 Å². The largest absolute Gasteiger partial charge is 0.508 e. The number of hydrogen-bond acceptors (Lipinski definition) is 5. The maximum Gasteiger partial charge on any atom is 0.130 e. The van der Waals surface area contributed by atoms with Gasteiger partial charge in [-0.2, -0.15) is 0 Å². The molecule has 0 radical (unpaired) electrons. The van der Waals surface area contributed by atoms with Crippen molar-refractivity contribution >= 4 is 6.29 Å². The number of hydrogen-bond donors (Lipinski definition) is 3. The lowest BCUT2D eigenvalue weighted by Gasteiger charge is -2.20. The topological polar surface area (TPSA) is 87.0 Å². The molecular formula is C16H16O5. The molecule has 0 heterocycles. The normalized spacial score (nSPS) is 11.9. The highest BCUT2D eigenvalue weighted by Crippen LogP contribution is 2.42. The van der Waals surface area contributed by atoms with Crippen LogP contribution >= 0.6 is 0 Å². The zero-order chi connectivity index (χ0) is 15.4. The van der Waals surface area contributed by atoms with Crippen molar-refractivity contribution in [1.29, 1.82) is 0 Å². The van der Waals surface area contributed by atoms with Crippen molar-refractivity contribution in [3.05, 3.63) is 47.5 Å². The second kappa shape index (κ2) is 6.17. The Labute approximate surface area is 122 Å². The molecular weight excluding hydrogens is 272 g/mol. The van der Waals surface area contributed by atoms with E-state index in [1.165, 1.54) is 31.4 Å². The summed E-state index contributed by atoms with van der Waals surface area (Å²) in [5.41, 5.74) is 1.17. The summed E-state index contributed by atoms with van der Waals surface area (Å²) in [5.74, 6) is -0.285. The molecule has 0 amide bonds. The fraction of sp³-hybridized carbons (Fsp3) is 0.188. The Bertz CT molecular complexity index is 634. The Morgan fingerprint density at radius 3 is 2.33 bits per heavy atom. The van der Waals surface area contributed by atoms with Gasteiger partial charge in [0.15, 0.2) is 0 Å². The standard InChI is InChI=1S/C16H16O5/c1-21-15-9-12(19)8-14(20)16(15)13(6-7-17)10-2-4-11(18)5-3-10/h2-5,7-9,13,18-20H,6H2,1H3. The van der Waals surface area contributed by atoms with Crippen molar-refractivity contribution in [2.75, 3.05) is 7.11 Å². The molecule has 2 aromatic carbocycles. The second-order valence-corrected chi connectivity index (χ2v) is 4.63. The van der Waals surface area contributed by atoms with Gasteiger partial charge in [-0.3, -0.25) is 0 Å². The molecule has 0 fully saturated rings. The van der Waals surface area contributed by atoms with E-state index in [4.69, 9.17) is 4.74 Å². The maximum atomic E-state index is 11.0. The molecule has 3 N–H and O–H groups in total. The molecule has 0 aliphatic rings. The zero-order valence-corrected chi connectivity index (χ0v) is 11.5. The molecule has 5 heteroatoms. The number of aromatic hydroxyl groups is 3. The van der Waals surface area contributed by atoms with Crippen LogP contribution in [0.1, 0.15) is 23.5 Å². The number of methoxy groups -OCH3 is 1. The maximum absolute atomic E-state index is 11.0. The predicted octanol–water partition coefficient (Wildman–Crippen LogP) is 2.53. The van der Waals surface area contributed by atoms with Gasteiger partial charge in [0, 0.05) is 30.0 Å². The van der Waals surface area contributed by atoms with Crippen molar-refractivity contribution in [3.63, 3.8) is 0 Å². The van der Waals surface area contributed by atoms with Crippen LogP contribution in [0.15, 0.2) is 36.4 Å². The first kappa shape index (κ1) is 14.7. The molecule has 0 saturated carbocycles. The van der Waals surface area contributed by atoms with E-state index in [-0.39, 0.29) is 23.7 Å². The van der Waals surface area contributed by atoms with Gasteiger partial charge in [-0.15, -0.1) is 0 Å². The van der Waals surface area contributed by atoms with Crippen molar-refractivity contribution in [1.82, 2.24) is 0 Å². The van der Waals surface area contributed by atoms with E-state index in [1.807, 2.05) is 0 Å². The third-order valence-corrected chi connectivity index (χ3v) is 3.30. The van der Waals surface area contributed by atoms with E-state index in [2.05, 4.69) is 0 Å². The van der Waals surface area contributed by atoms with Crippen LogP contribution in [0, 0.1) is 0 Å². The van der Waals surface area contributed by atoms with Gasteiger partial charge in [-0.1, -0.05) is 12.1 Å². The zero-order valence-electron chi connectivity index (χ0n) is 11.5. The highest BCUT2D eigenvalue weighted by molar-refractivity contribution is 5.60. The summed E-state index contributed by atoms with van der Waals surface area (Å²) in [4.78, 5) is 11.0. The highest BCUT2D eigenvalue weighted by Gasteiger charge is 2.23. The number of phenolic OH excluding ortho intramolecular Hbond substituents is 3. The van der Waals surface area contributed by atoms with Crippen LogP contribution in [0.25, 0.3) is 0 Å². The molecule has 0 bridgehead atoms. The summed E-state index contributed by atoms with van der Waals surface area (Å²) in [6.45, 7) is 0. The van der Waals surface area contributed by atoms with E-state index >= 15 is 0 Å². The summed E-state index contributed by atoms with van der Waals surface area (Å²) in [7, 11) is 1.42. The highest BCUT2D eigenvalue weighted by atomic mass is 16.5. The monoisotopic (exact) mass is 288 g/mol. The lowest BCUT2D eigenvalue weighted by Crippen LogP contribution is -2.05. The van der Waals surface area contributed by atoms with Crippen LogP contribution in [0.4, 0.5) is 0 Å². The number of carbonyl (C=O) groups excluding carboxylic acids is 1. The molecule has 21 heavy (non-hydrogen) atoms. The summed E-state index contributed by atoms with van der Waals surface area (Å²) < 4.78 is 5.19. The van der Waals surface area contributed by atoms with Gasteiger partial charge in [0.1, 0.15) is 29.3 Å². The van der Waals surface area contributed by atoms with Crippen molar-refractivity contribution in [2.24, 2.45) is 0 Å². The third-order valence-electron chi connectivity index (χ3n) is 3.30. The first-order chi connectivity index (χ1) is 10.1. The minimum Gasteiger partial charge on any atom is -0.508 e. The van der Waals surface area contributed by atoms with Gasteiger partial charge >= 0.3 is 0 Å². The van der Waals surface area contributed by atoms with Crippen molar-refractivity contribution < 1.29 is 24.9 Å². The third kappa shape index (κ3) is 3.08. The Hall–Kier alpha value is -2.69. The van der Waals surface area contributed by atoms with Crippen LogP contribution in [-0.4, -0.2) is 28.7 Å². The van der Waals surface area contributed by atoms with Crippen molar-refractivity contribution in [2.45, 2.75) is 12.3 Å². The van der Waals surface area contributed by atoms with Gasteiger partial charge in [-0.25, -0.2) is 0 Å². The van der Waals surface area contributed by atoms with Gasteiger partial charge < -0.3 is 24.9 Å². The van der Waals surface area contributed by atoms with Crippen LogP contribution in [0.2, 0.25) is 0 Å². The molecule has 110 valence electrons. The molecule has 0 spiro atoms. The Kier molecular flexibility index (Phi) is 4.33. The molecule has 2 rings (SSSR count). The first-order valence-electron chi connectivity index (χ1n) is 6.39. The lowest BCUT2D eigenvalue weighted by molar-refractivity contribution is -0.108. The van der Waals surface area contributed by atoms with Gasteiger partial charge in [0.05, 0.1) is 7.11 Å². The van der Waals surface area contributed by atoms with Gasteiger partial charge in [0.25, 0.3) is 0 Å². The Balaban J connectivity index is 2.57. The minimum atomic E-state index is -0.432. The number of rotatable bonds is 5. The molecule has 1 atom stereocenters. The van der Waals surface area contributed by atoms with Crippen LogP contribution in [-0.2, 0) is 4.79 Å². The van der Waals surface area contributed by atoms with Crippen LogP contribution < -0.4 is 4.74 Å². The number of aldehydes is 1. The molecule has 0 aromatic heterocycles. The Morgan fingerprint density at radius 1 is 1.10 bits per heavy atom. The number of benzene rings is 2. The van der Waals surface area contributed by atoms with E-state index in [0.717, 1.165) is 11.8 Å². The average molecular weight is 288 g/mol. The number of phenols is 3. The number of ether oxygens (including phenoxy) is 1. The molecule has 0 aliphatic carbocycles. The van der Waals surface area contributed by atoms with Crippen LogP contribution in [0.5, 0.6) is 23.0 Å². The minimum absolute atomic E-state index is 0.116. The first-order valence-corrected chi connectivity index (χ1v) is 6.39. The smallest absolute Gasteiger partial charge is 0.130 e. The molecule has 5 nitrogen and oxygen atoms in total. The summed E-state index contributed by atoms with van der Waals surface area (Å²) in [5, 5.41) is 29.0. The average Bonchev–Trinajstić information content (AvgIpc) is 2.46. The van der Waals surface area contributed by atoms with E-state index < -0.39 is 5.92 Å². The van der Waals surface area contributed by atoms with Crippen molar-refractivity contribution in [3.8, 4) is 23.0 Å². The predicted molar refractivity (Wildman–Crippen MR) is 77.0 cm³/mol. The fourth-order valence-corrected chi connectivity index (χ4v) is 2.34. The van der Waals surface area contributed by atoms with E-state index in [1.54, 1.807) is 12.1 Å².